The quantitative estimate of drug-likeness (QED) is 0.753. The molecule has 3 nitrogen and oxygen atoms in total. The highest BCUT2D eigenvalue weighted by Gasteiger charge is 2.15. The Morgan fingerprint density at radius 2 is 1.83 bits per heavy atom. The number of halogens is 2. The van der Waals surface area contributed by atoms with Crippen molar-refractivity contribution in [3.05, 3.63) is 70.1 Å². The highest BCUT2D eigenvalue weighted by molar-refractivity contribution is 7.10. The lowest BCUT2D eigenvalue weighted by Crippen LogP contribution is -2.15. The van der Waals surface area contributed by atoms with Crippen molar-refractivity contribution in [1.29, 1.82) is 0 Å². The maximum Gasteiger partial charge on any atom is 0.231 e. The monoisotopic (exact) mass is 344 g/mol. The number of hydrogen-bond donors (Lipinski definition) is 1. The SMILES string of the molecule is Cc1ccccc1NC(=O)Cc1nc(-c2c(F)cccc2F)cs1. The summed E-state index contributed by atoms with van der Waals surface area (Å²) in [6, 6.07) is 11.1. The van der Waals surface area contributed by atoms with Gasteiger partial charge in [0.05, 0.1) is 17.7 Å². The Labute approximate surface area is 142 Å². The minimum Gasteiger partial charge on any atom is -0.325 e. The molecule has 6 heteroatoms. The first-order valence-corrected chi connectivity index (χ1v) is 8.17. The van der Waals surface area contributed by atoms with E-state index >= 15 is 0 Å². The van der Waals surface area contributed by atoms with Crippen LogP contribution in [0.25, 0.3) is 11.3 Å². The summed E-state index contributed by atoms with van der Waals surface area (Å²) in [5.41, 5.74) is 1.73. The van der Waals surface area contributed by atoms with Crippen LogP contribution in [0.5, 0.6) is 0 Å². The van der Waals surface area contributed by atoms with Gasteiger partial charge in [0.1, 0.15) is 16.6 Å². The number of carbonyl (C=O) groups excluding carboxylic acids is 1. The van der Waals surface area contributed by atoms with Crippen LogP contribution in [0.3, 0.4) is 0 Å². The first kappa shape index (κ1) is 16.3. The second-order valence-corrected chi connectivity index (χ2v) is 6.21. The summed E-state index contributed by atoms with van der Waals surface area (Å²) >= 11 is 1.20. The Morgan fingerprint density at radius 1 is 1.12 bits per heavy atom. The summed E-state index contributed by atoms with van der Waals surface area (Å²) in [6.07, 6.45) is 0.0507. The summed E-state index contributed by atoms with van der Waals surface area (Å²) in [5, 5.41) is 4.86. The van der Waals surface area contributed by atoms with Gasteiger partial charge in [-0.2, -0.15) is 0 Å². The zero-order valence-corrected chi connectivity index (χ0v) is 13.7. The second-order valence-electron chi connectivity index (χ2n) is 5.26. The zero-order valence-electron chi connectivity index (χ0n) is 12.8. The maximum absolute atomic E-state index is 13.8. The number of hydrogen-bond acceptors (Lipinski definition) is 3. The summed E-state index contributed by atoms with van der Waals surface area (Å²) < 4.78 is 27.6. The first-order chi connectivity index (χ1) is 11.5. The molecule has 1 heterocycles. The number of benzene rings is 2. The van der Waals surface area contributed by atoms with E-state index in [1.54, 1.807) is 5.38 Å². The van der Waals surface area contributed by atoms with E-state index in [-0.39, 0.29) is 23.6 Å². The third kappa shape index (κ3) is 3.49. The van der Waals surface area contributed by atoms with Crippen molar-refractivity contribution in [3.63, 3.8) is 0 Å². The molecule has 0 atom stereocenters. The highest BCUT2D eigenvalue weighted by Crippen LogP contribution is 2.27. The number of para-hydroxylation sites is 1. The molecule has 0 spiro atoms. The molecule has 3 aromatic rings. The molecule has 1 aromatic heterocycles. The Morgan fingerprint density at radius 3 is 2.54 bits per heavy atom. The standard InChI is InChI=1S/C18H14F2N2OS/c1-11-5-2-3-8-14(11)21-16(23)9-17-22-15(10-24-17)18-12(19)6-4-7-13(18)20/h2-8,10H,9H2,1H3,(H,21,23). The third-order valence-corrected chi connectivity index (χ3v) is 4.35. The van der Waals surface area contributed by atoms with Gasteiger partial charge in [-0.1, -0.05) is 24.3 Å². The van der Waals surface area contributed by atoms with Crippen LogP contribution in [0.15, 0.2) is 47.8 Å². The van der Waals surface area contributed by atoms with Crippen molar-refractivity contribution < 1.29 is 13.6 Å². The van der Waals surface area contributed by atoms with Crippen molar-refractivity contribution in [2.45, 2.75) is 13.3 Å². The smallest absolute Gasteiger partial charge is 0.231 e. The van der Waals surface area contributed by atoms with E-state index in [0.29, 0.717) is 5.01 Å². The van der Waals surface area contributed by atoms with E-state index in [1.807, 2.05) is 31.2 Å². The molecule has 0 saturated carbocycles. The molecule has 1 amide bonds. The van der Waals surface area contributed by atoms with Crippen molar-refractivity contribution in [2.24, 2.45) is 0 Å². The number of carbonyl (C=O) groups is 1. The molecule has 0 aliphatic heterocycles. The fraction of sp³-hybridized carbons (Fsp3) is 0.111. The molecule has 122 valence electrons. The molecule has 0 radical (unpaired) electrons. The molecule has 0 bridgehead atoms. The van der Waals surface area contributed by atoms with Crippen LogP contribution < -0.4 is 5.32 Å². The average molecular weight is 344 g/mol. The van der Waals surface area contributed by atoms with Gasteiger partial charge in [-0.15, -0.1) is 11.3 Å². The predicted octanol–water partition coefficient (Wildman–Crippen LogP) is 4.58. The lowest BCUT2D eigenvalue weighted by atomic mass is 10.1. The van der Waals surface area contributed by atoms with Crippen molar-refractivity contribution >= 4 is 22.9 Å². The number of aromatic nitrogens is 1. The van der Waals surface area contributed by atoms with Crippen LogP contribution in [0.4, 0.5) is 14.5 Å². The molecule has 0 saturated heterocycles. The number of anilines is 1. The molecular formula is C18H14F2N2OS. The first-order valence-electron chi connectivity index (χ1n) is 7.29. The maximum atomic E-state index is 13.8. The van der Waals surface area contributed by atoms with Gasteiger partial charge >= 0.3 is 0 Å². The minimum absolute atomic E-state index is 0.0507. The van der Waals surface area contributed by atoms with Gasteiger partial charge in [-0.25, -0.2) is 13.8 Å². The second kappa shape index (κ2) is 6.88. The fourth-order valence-electron chi connectivity index (χ4n) is 2.29. The van der Waals surface area contributed by atoms with Gasteiger partial charge in [0.15, 0.2) is 0 Å². The van der Waals surface area contributed by atoms with E-state index in [0.717, 1.165) is 11.3 Å². The fourth-order valence-corrected chi connectivity index (χ4v) is 3.08. The van der Waals surface area contributed by atoms with Gasteiger partial charge in [0.2, 0.25) is 5.91 Å². The molecule has 0 unspecified atom stereocenters. The summed E-state index contributed by atoms with van der Waals surface area (Å²) in [6.45, 7) is 1.90. The number of rotatable bonds is 4. The van der Waals surface area contributed by atoms with Crippen LogP contribution in [-0.4, -0.2) is 10.9 Å². The Kier molecular flexibility index (Phi) is 4.66. The van der Waals surface area contributed by atoms with Crippen molar-refractivity contribution in [2.75, 3.05) is 5.32 Å². The molecule has 1 N–H and O–H groups in total. The van der Waals surface area contributed by atoms with Gasteiger partial charge in [-0.05, 0) is 30.7 Å². The van der Waals surface area contributed by atoms with Crippen LogP contribution in [0.2, 0.25) is 0 Å². The number of thiazole rings is 1. The highest BCUT2D eigenvalue weighted by atomic mass is 32.1. The summed E-state index contributed by atoms with van der Waals surface area (Å²) in [5.74, 6) is -1.56. The third-order valence-electron chi connectivity index (χ3n) is 3.50. The van der Waals surface area contributed by atoms with E-state index in [4.69, 9.17) is 0 Å². The number of nitrogens with zero attached hydrogens (tertiary/aromatic N) is 1. The van der Waals surface area contributed by atoms with E-state index in [9.17, 15) is 13.6 Å². The topological polar surface area (TPSA) is 42.0 Å². The average Bonchev–Trinajstić information content (AvgIpc) is 2.97. The largest absolute Gasteiger partial charge is 0.325 e. The van der Waals surface area contributed by atoms with Crippen LogP contribution >= 0.6 is 11.3 Å². The summed E-state index contributed by atoms with van der Waals surface area (Å²) in [7, 11) is 0. The lowest BCUT2D eigenvalue weighted by molar-refractivity contribution is -0.115. The van der Waals surface area contributed by atoms with Crippen LogP contribution in [0, 0.1) is 18.6 Å². The van der Waals surface area contributed by atoms with E-state index in [1.165, 1.54) is 29.5 Å². The Hall–Kier alpha value is -2.60. The van der Waals surface area contributed by atoms with Gasteiger partial charge < -0.3 is 5.32 Å². The van der Waals surface area contributed by atoms with Crippen LogP contribution in [-0.2, 0) is 11.2 Å². The Bertz CT molecular complexity index is 872. The molecule has 0 aliphatic carbocycles. The van der Waals surface area contributed by atoms with E-state index in [2.05, 4.69) is 10.3 Å². The van der Waals surface area contributed by atoms with Crippen LogP contribution in [0.1, 0.15) is 10.6 Å². The Balaban J connectivity index is 1.75. The van der Waals surface area contributed by atoms with Gasteiger partial charge in [0.25, 0.3) is 0 Å². The molecule has 2 aromatic carbocycles. The predicted molar refractivity (Wildman–Crippen MR) is 91.0 cm³/mol. The van der Waals surface area contributed by atoms with Crippen molar-refractivity contribution in [1.82, 2.24) is 4.98 Å². The number of aryl methyl sites for hydroxylation is 1. The molecule has 3 rings (SSSR count). The lowest BCUT2D eigenvalue weighted by Gasteiger charge is -2.06. The zero-order chi connectivity index (χ0) is 17.1. The normalized spacial score (nSPS) is 10.6. The number of nitrogens with one attached hydrogen (secondary N) is 1. The molecule has 24 heavy (non-hydrogen) atoms. The minimum atomic E-state index is -0.670. The van der Waals surface area contributed by atoms with E-state index < -0.39 is 11.6 Å². The molecule has 0 aliphatic rings. The van der Waals surface area contributed by atoms with Crippen molar-refractivity contribution in [3.8, 4) is 11.3 Å². The van der Waals surface area contributed by atoms with Gasteiger partial charge in [-0.3, -0.25) is 4.79 Å². The summed E-state index contributed by atoms with van der Waals surface area (Å²) in [4.78, 5) is 16.3. The molecule has 0 fully saturated rings. The molecular weight excluding hydrogens is 330 g/mol. The van der Waals surface area contributed by atoms with Gasteiger partial charge in [0, 0.05) is 11.1 Å². The number of amides is 1.